The first kappa shape index (κ1) is 15.2. The van der Waals surface area contributed by atoms with Gasteiger partial charge in [-0.1, -0.05) is 0 Å². The predicted octanol–water partition coefficient (Wildman–Crippen LogP) is -1.48. The van der Waals surface area contributed by atoms with Gasteiger partial charge in [-0.05, 0) is 19.1 Å². The fraction of sp³-hybridized carbons (Fsp3) is 0.308. The summed E-state index contributed by atoms with van der Waals surface area (Å²) in [6.07, 6.45) is 0. The Balaban J connectivity index is 2.22. The molecule has 0 amide bonds. The highest BCUT2D eigenvalue weighted by molar-refractivity contribution is 8.14. The molecule has 0 aliphatic carbocycles. The third kappa shape index (κ3) is 3.27. The van der Waals surface area contributed by atoms with Crippen LogP contribution in [0.3, 0.4) is 0 Å². The van der Waals surface area contributed by atoms with Crippen LogP contribution in [0.15, 0.2) is 23.2 Å². The fourth-order valence-electron chi connectivity index (χ4n) is 1.66. The molecule has 0 saturated heterocycles. The number of aromatic hydroxyl groups is 1. The summed E-state index contributed by atoms with van der Waals surface area (Å²) in [4.78, 5) is 25.4. The summed E-state index contributed by atoms with van der Waals surface area (Å²) in [6, 6.07) is 4.17. The maximum absolute atomic E-state index is 11.0. The number of carbonyl (C=O) groups is 2. The standard InChI is InChI=1S/C13H13NO6S/c1-13(12(18)19)6-21-11(14-13)8-3-2-7(4-9(8)15)20-5-10(16)17/h2-4,15H,5-6H2,1H3,(H,16,17)(H,18,19)/p-2/t13-/m1/s1. The van der Waals surface area contributed by atoms with E-state index in [4.69, 9.17) is 4.74 Å². The molecule has 21 heavy (non-hydrogen) atoms. The predicted molar refractivity (Wildman–Crippen MR) is 71.0 cm³/mol. The van der Waals surface area contributed by atoms with E-state index in [1.807, 2.05) is 0 Å². The number of phenols is 1. The van der Waals surface area contributed by atoms with Gasteiger partial charge in [-0.25, -0.2) is 0 Å². The number of hydrogen-bond donors (Lipinski definition) is 1. The van der Waals surface area contributed by atoms with Gasteiger partial charge in [0, 0.05) is 17.4 Å². The molecule has 1 aromatic carbocycles. The minimum Gasteiger partial charge on any atom is -0.547 e. The Hall–Kier alpha value is -2.22. The van der Waals surface area contributed by atoms with Crippen molar-refractivity contribution in [2.45, 2.75) is 12.5 Å². The minimum absolute atomic E-state index is 0.159. The summed E-state index contributed by atoms with van der Waals surface area (Å²) in [5, 5.41) is 31.6. The number of carboxylic acid groups (broad SMARTS) is 2. The summed E-state index contributed by atoms with van der Waals surface area (Å²) < 4.78 is 4.87. The van der Waals surface area contributed by atoms with Crippen molar-refractivity contribution >= 4 is 28.7 Å². The molecule has 0 spiro atoms. The van der Waals surface area contributed by atoms with Crippen molar-refractivity contribution in [1.82, 2.24) is 0 Å². The number of thioether (sulfide) groups is 1. The molecule has 0 aromatic heterocycles. The summed E-state index contributed by atoms with van der Waals surface area (Å²) in [6.45, 7) is 0.813. The highest BCUT2D eigenvalue weighted by Gasteiger charge is 2.33. The lowest BCUT2D eigenvalue weighted by atomic mass is 10.1. The van der Waals surface area contributed by atoms with Gasteiger partial charge in [-0.2, -0.15) is 0 Å². The first-order valence-corrected chi connectivity index (χ1v) is 6.90. The molecule has 1 aliphatic rings. The molecule has 7 nitrogen and oxygen atoms in total. The Bertz CT molecular complexity index is 629. The molecular weight excluding hydrogens is 298 g/mol. The van der Waals surface area contributed by atoms with Gasteiger partial charge in [0.25, 0.3) is 0 Å². The Morgan fingerprint density at radius 3 is 2.71 bits per heavy atom. The van der Waals surface area contributed by atoms with Crippen molar-refractivity contribution in [2.24, 2.45) is 4.99 Å². The molecule has 0 radical (unpaired) electrons. The molecule has 0 unspecified atom stereocenters. The van der Waals surface area contributed by atoms with Gasteiger partial charge in [0.05, 0.1) is 11.9 Å². The Morgan fingerprint density at radius 1 is 1.48 bits per heavy atom. The third-order valence-electron chi connectivity index (χ3n) is 2.83. The molecule has 1 aromatic rings. The van der Waals surface area contributed by atoms with Crippen molar-refractivity contribution in [3.05, 3.63) is 23.8 Å². The lowest BCUT2D eigenvalue weighted by Crippen LogP contribution is -2.45. The van der Waals surface area contributed by atoms with E-state index in [2.05, 4.69) is 4.99 Å². The molecule has 0 bridgehead atoms. The first-order chi connectivity index (χ1) is 9.82. The lowest BCUT2D eigenvalue weighted by Gasteiger charge is -2.19. The molecule has 0 saturated carbocycles. The number of ether oxygens (including phenoxy) is 1. The van der Waals surface area contributed by atoms with E-state index in [1.54, 1.807) is 0 Å². The quantitative estimate of drug-likeness (QED) is 0.704. The smallest absolute Gasteiger partial charge is 0.129 e. The van der Waals surface area contributed by atoms with E-state index >= 15 is 0 Å². The van der Waals surface area contributed by atoms with E-state index in [0.29, 0.717) is 10.6 Å². The van der Waals surface area contributed by atoms with Crippen LogP contribution in [0.1, 0.15) is 12.5 Å². The van der Waals surface area contributed by atoms with Crippen LogP contribution in [0.4, 0.5) is 0 Å². The second kappa shape index (κ2) is 5.65. The number of benzene rings is 1. The molecule has 1 N–H and O–H groups in total. The summed E-state index contributed by atoms with van der Waals surface area (Å²) >= 11 is 1.19. The van der Waals surface area contributed by atoms with E-state index in [-0.39, 0.29) is 17.3 Å². The van der Waals surface area contributed by atoms with Gasteiger partial charge in [0.15, 0.2) is 0 Å². The highest BCUT2D eigenvalue weighted by Crippen LogP contribution is 2.35. The number of aliphatic carboxylic acids is 2. The molecule has 1 heterocycles. The topological polar surface area (TPSA) is 122 Å². The average molecular weight is 309 g/mol. The first-order valence-electron chi connectivity index (χ1n) is 5.92. The van der Waals surface area contributed by atoms with Gasteiger partial charge >= 0.3 is 0 Å². The molecule has 8 heteroatoms. The Morgan fingerprint density at radius 2 is 2.19 bits per heavy atom. The molecule has 1 aliphatic heterocycles. The number of rotatable bonds is 5. The number of hydrogen-bond acceptors (Lipinski definition) is 8. The normalized spacial score (nSPS) is 20.9. The van der Waals surface area contributed by atoms with E-state index < -0.39 is 24.1 Å². The van der Waals surface area contributed by atoms with Gasteiger partial charge < -0.3 is 29.6 Å². The molecular formula is C13H11NO6S-2. The van der Waals surface area contributed by atoms with E-state index in [9.17, 15) is 24.9 Å². The van der Waals surface area contributed by atoms with Crippen LogP contribution >= 0.6 is 11.8 Å². The van der Waals surface area contributed by atoms with Gasteiger partial charge in [-0.3, -0.25) is 4.99 Å². The number of carbonyl (C=O) groups excluding carboxylic acids is 2. The van der Waals surface area contributed by atoms with Crippen molar-refractivity contribution in [1.29, 1.82) is 0 Å². The third-order valence-corrected chi connectivity index (χ3v) is 4.13. The molecule has 0 fully saturated rings. The SMILES string of the molecule is C[C@]1(C(=O)[O-])CSC(c2ccc(OCC(=O)[O-])cc2O)=N1. The van der Waals surface area contributed by atoms with Crippen LogP contribution < -0.4 is 14.9 Å². The van der Waals surface area contributed by atoms with Crippen LogP contribution in [0.5, 0.6) is 11.5 Å². The Labute approximate surface area is 124 Å². The largest absolute Gasteiger partial charge is 0.547 e. The van der Waals surface area contributed by atoms with Crippen LogP contribution in [0, 0.1) is 0 Å². The maximum atomic E-state index is 11.0. The van der Waals surface area contributed by atoms with Crippen LogP contribution in [0.2, 0.25) is 0 Å². The van der Waals surface area contributed by atoms with Gasteiger partial charge in [0.1, 0.15) is 28.7 Å². The van der Waals surface area contributed by atoms with Crippen LogP contribution in [0.25, 0.3) is 0 Å². The lowest BCUT2D eigenvalue weighted by molar-refractivity contribution is -0.311. The maximum Gasteiger partial charge on any atom is 0.129 e. The minimum atomic E-state index is -1.38. The number of nitrogens with zero attached hydrogens (tertiary/aromatic N) is 1. The number of carboxylic acids is 2. The number of phenolic OH excluding ortho intramolecular Hbond substituents is 1. The van der Waals surface area contributed by atoms with Crippen LogP contribution in [-0.2, 0) is 9.59 Å². The zero-order valence-corrected chi connectivity index (χ0v) is 11.8. The second-order valence-electron chi connectivity index (χ2n) is 4.61. The number of aliphatic imine (C=N–C) groups is 1. The average Bonchev–Trinajstić information content (AvgIpc) is 2.80. The molecule has 1 atom stereocenters. The van der Waals surface area contributed by atoms with Gasteiger partial charge in [-0.15, -0.1) is 11.8 Å². The van der Waals surface area contributed by atoms with Crippen molar-refractivity contribution in [3.8, 4) is 11.5 Å². The second-order valence-corrected chi connectivity index (χ2v) is 5.57. The van der Waals surface area contributed by atoms with Crippen molar-refractivity contribution < 1.29 is 29.6 Å². The van der Waals surface area contributed by atoms with E-state index in [0.717, 1.165) is 0 Å². The monoisotopic (exact) mass is 309 g/mol. The fourth-order valence-corrected chi connectivity index (χ4v) is 2.86. The van der Waals surface area contributed by atoms with Gasteiger partial charge in [0.2, 0.25) is 0 Å². The zero-order chi connectivity index (χ0) is 15.6. The molecule has 112 valence electrons. The van der Waals surface area contributed by atoms with E-state index in [1.165, 1.54) is 36.9 Å². The Kier molecular flexibility index (Phi) is 4.08. The van der Waals surface area contributed by atoms with Crippen LogP contribution in [-0.4, -0.2) is 40.0 Å². The summed E-state index contributed by atoms with van der Waals surface area (Å²) in [5.74, 6) is -2.46. The summed E-state index contributed by atoms with van der Waals surface area (Å²) in [7, 11) is 0. The molecule has 2 rings (SSSR count). The van der Waals surface area contributed by atoms with Crippen molar-refractivity contribution in [3.63, 3.8) is 0 Å². The summed E-state index contributed by atoms with van der Waals surface area (Å²) in [5.41, 5.74) is -0.970. The highest BCUT2D eigenvalue weighted by atomic mass is 32.2. The zero-order valence-electron chi connectivity index (χ0n) is 11.0. The van der Waals surface area contributed by atoms with Crippen molar-refractivity contribution in [2.75, 3.05) is 12.4 Å².